The monoisotopic (exact) mass is 335 g/mol. The smallest absolute Gasteiger partial charge is 0.175 e. The Morgan fingerprint density at radius 3 is 2.62 bits per heavy atom. The van der Waals surface area contributed by atoms with Crippen LogP contribution in [0.3, 0.4) is 0 Å². The van der Waals surface area contributed by atoms with Gasteiger partial charge in [-0.15, -0.1) is 10.2 Å². The van der Waals surface area contributed by atoms with Crippen molar-refractivity contribution in [3.8, 4) is 11.3 Å². The first kappa shape index (κ1) is 14.6. The largest absolute Gasteiger partial charge is 0.360 e. The number of aromatic nitrogens is 3. The molecule has 0 saturated carbocycles. The van der Waals surface area contributed by atoms with Gasteiger partial charge >= 0.3 is 0 Å². The van der Waals surface area contributed by atoms with Gasteiger partial charge in [0.2, 0.25) is 0 Å². The van der Waals surface area contributed by atoms with Crippen LogP contribution in [0.1, 0.15) is 12.7 Å². The zero-order chi connectivity index (χ0) is 14.5. The van der Waals surface area contributed by atoms with Crippen LogP contribution in [-0.2, 0) is 5.75 Å². The van der Waals surface area contributed by atoms with Gasteiger partial charge in [-0.25, -0.2) is 0 Å². The van der Waals surface area contributed by atoms with Crippen LogP contribution in [0.15, 0.2) is 49.6 Å². The summed E-state index contributed by atoms with van der Waals surface area (Å²) in [6.45, 7) is 2.11. The number of hydrogen-bond acceptors (Lipinski definition) is 7. The number of nitrogens with zero attached hydrogens (tertiary/aromatic N) is 3. The third-order valence-corrected chi connectivity index (χ3v) is 5.72. The van der Waals surface area contributed by atoms with Crippen molar-refractivity contribution in [3.05, 3.63) is 42.2 Å². The fourth-order valence-electron chi connectivity index (χ4n) is 1.70. The second-order valence-corrected chi connectivity index (χ2v) is 7.81. The minimum absolute atomic E-state index is 0.714. The first-order valence-electron chi connectivity index (χ1n) is 6.45. The zero-order valence-corrected chi connectivity index (χ0v) is 13.8. The molecule has 3 rings (SSSR count). The van der Waals surface area contributed by atoms with Crippen LogP contribution in [0.4, 0.5) is 0 Å². The van der Waals surface area contributed by atoms with E-state index in [0.717, 1.165) is 31.4 Å². The molecule has 0 aliphatic heterocycles. The summed E-state index contributed by atoms with van der Waals surface area (Å²) in [7, 11) is 0. The van der Waals surface area contributed by atoms with E-state index in [1.54, 1.807) is 34.9 Å². The van der Waals surface area contributed by atoms with Gasteiger partial charge in [0.05, 0.1) is 5.75 Å². The number of benzene rings is 1. The highest BCUT2D eigenvalue weighted by molar-refractivity contribution is 8.02. The summed E-state index contributed by atoms with van der Waals surface area (Å²) in [5, 5.41) is 12.4. The highest BCUT2D eigenvalue weighted by Gasteiger charge is 2.09. The van der Waals surface area contributed by atoms with Gasteiger partial charge in [-0.2, -0.15) is 0 Å². The Kier molecular flexibility index (Phi) is 4.95. The van der Waals surface area contributed by atoms with Crippen molar-refractivity contribution in [3.63, 3.8) is 0 Å². The SMILES string of the molecule is CCSc1nnc(SCc2cc(-c3ccccc3)no2)s1. The number of hydrogen-bond donors (Lipinski definition) is 0. The molecular formula is C14H13N3OS3. The Balaban J connectivity index is 1.62. The van der Waals surface area contributed by atoms with Gasteiger partial charge in [-0.3, -0.25) is 0 Å². The maximum Gasteiger partial charge on any atom is 0.175 e. The van der Waals surface area contributed by atoms with E-state index in [-0.39, 0.29) is 0 Å². The van der Waals surface area contributed by atoms with E-state index >= 15 is 0 Å². The quantitative estimate of drug-likeness (QED) is 0.614. The Labute approximate surface area is 135 Å². The third-order valence-electron chi connectivity index (χ3n) is 2.62. The molecule has 0 unspecified atom stereocenters. The summed E-state index contributed by atoms with van der Waals surface area (Å²) in [4.78, 5) is 0. The molecule has 0 atom stereocenters. The predicted molar refractivity (Wildman–Crippen MR) is 87.8 cm³/mol. The van der Waals surface area contributed by atoms with E-state index in [1.165, 1.54) is 0 Å². The molecule has 21 heavy (non-hydrogen) atoms. The molecule has 0 N–H and O–H groups in total. The molecule has 3 aromatic rings. The van der Waals surface area contributed by atoms with Crippen LogP contribution in [0.25, 0.3) is 11.3 Å². The van der Waals surface area contributed by atoms with Gasteiger partial charge in [0.1, 0.15) is 11.5 Å². The van der Waals surface area contributed by atoms with Gasteiger partial charge < -0.3 is 4.52 Å². The molecule has 0 amide bonds. The summed E-state index contributed by atoms with van der Waals surface area (Å²) in [5.41, 5.74) is 1.93. The maximum atomic E-state index is 5.38. The van der Waals surface area contributed by atoms with Gasteiger partial charge in [0.25, 0.3) is 0 Å². The summed E-state index contributed by atoms with van der Waals surface area (Å²) in [6.07, 6.45) is 0. The predicted octanol–water partition coefficient (Wildman–Crippen LogP) is 4.60. The lowest BCUT2D eigenvalue weighted by Crippen LogP contribution is -1.76. The molecule has 0 fully saturated rings. The minimum Gasteiger partial charge on any atom is -0.360 e. The van der Waals surface area contributed by atoms with E-state index < -0.39 is 0 Å². The Morgan fingerprint density at radius 1 is 1.10 bits per heavy atom. The highest BCUT2D eigenvalue weighted by atomic mass is 32.2. The van der Waals surface area contributed by atoms with E-state index in [1.807, 2.05) is 36.4 Å². The fourth-order valence-corrected chi connectivity index (χ4v) is 4.49. The standard InChI is InChI=1S/C14H13N3OS3/c1-2-19-13-15-16-14(21-13)20-9-11-8-12(17-18-11)10-6-4-3-5-7-10/h3-8H,2,9H2,1H3. The zero-order valence-electron chi connectivity index (χ0n) is 11.4. The summed E-state index contributed by atoms with van der Waals surface area (Å²) < 4.78 is 7.35. The first-order valence-corrected chi connectivity index (χ1v) is 9.24. The van der Waals surface area contributed by atoms with Crippen LogP contribution in [-0.4, -0.2) is 21.1 Å². The van der Waals surface area contributed by atoms with Gasteiger partial charge in [-0.1, -0.05) is 77.3 Å². The van der Waals surface area contributed by atoms with Crippen molar-refractivity contribution in [1.29, 1.82) is 0 Å². The second kappa shape index (κ2) is 7.11. The molecule has 7 heteroatoms. The molecular weight excluding hydrogens is 322 g/mol. The lowest BCUT2D eigenvalue weighted by atomic mass is 10.1. The van der Waals surface area contributed by atoms with Crippen molar-refractivity contribution in [2.45, 2.75) is 21.4 Å². The Morgan fingerprint density at radius 2 is 1.86 bits per heavy atom. The fraction of sp³-hybridized carbons (Fsp3) is 0.214. The van der Waals surface area contributed by atoms with Crippen LogP contribution in [0.5, 0.6) is 0 Å². The Bertz CT molecular complexity index is 696. The van der Waals surface area contributed by atoms with Crippen LogP contribution < -0.4 is 0 Å². The maximum absolute atomic E-state index is 5.38. The molecule has 108 valence electrons. The topological polar surface area (TPSA) is 51.8 Å². The van der Waals surface area contributed by atoms with Crippen molar-refractivity contribution in [1.82, 2.24) is 15.4 Å². The number of thioether (sulfide) groups is 2. The molecule has 2 heterocycles. The average molecular weight is 335 g/mol. The molecule has 0 radical (unpaired) electrons. The highest BCUT2D eigenvalue weighted by Crippen LogP contribution is 2.31. The van der Waals surface area contributed by atoms with E-state index in [9.17, 15) is 0 Å². The van der Waals surface area contributed by atoms with Crippen LogP contribution in [0, 0.1) is 0 Å². The average Bonchev–Trinajstić information content (AvgIpc) is 3.16. The molecule has 0 bridgehead atoms. The summed E-state index contributed by atoms with van der Waals surface area (Å²) >= 11 is 4.96. The molecule has 0 aliphatic rings. The summed E-state index contributed by atoms with van der Waals surface area (Å²) in [6, 6.07) is 12.0. The molecule has 0 aliphatic carbocycles. The van der Waals surface area contributed by atoms with E-state index in [2.05, 4.69) is 22.3 Å². The van der Waals surface area contributed by atoms with Crippen molar-refractivity contribution >= 4 is 34.9 Å². The Hall–Kier alpha value is -1.31. The lowest BCUT2D eigenvalue weighted by molar-refractivity contribution is 0.397. The molecule has 2 aromatic heterocycles. The van der Waals surface area contributed by atoms with Crippen molar-refractivity contribution in [2.24, 2.45) is 0 Å². The molecule has 1 aromatic carbocycles. The van der Waals surface area contributed by atoms with Gasteiger partial charge in [-0.05, 0) is 5.75 Å². The van der Waals surface area contributed by atoms with Crippen molar-refractivity contribution in [2.75, 3.05) is 5.75 Å². The van der Waals surface area contributed by atoms with E-state index in [0.29, 0.717) is 5.75 Å². The van der Waals surface area contributed by atoms with E-state index in [4.69, 9.17) is 4.52 Å². The molecule has 0 spiro atoms. The third kappa shape index (κ3) is 3.87. The second-order valence-electron chi connectivity index (χ2n) is 4.10. The van der Waals surface area contributed by atoms with Gasteiger partial charge in [0, 0.05) is 11.6 Å². The van der Waals surface area contributed by atoms with Gasteiger partial charge in [0.15, 0.2) is 8.68 Å². The van der Waals surface area contributed by atoms with Crippen molar-refractivity contribution < 1.29 is 4.52 Å². The molecule has 4 nitrogen and oxygen atoms in total. The minimum atomic E-state index is 0.714. The first-order chi connectivity index (χ1) is 10.3. The number of rotatable bonds is 6. The van der Waals surface area contributed by atoms with Crippen LogP contribution >= 0.6 is 34.9 Å². The lowest BCUT2D eigenvalue weighted by Gasteiger charge is -1.92. The molecule has 0 saturated heterocycles. The van der Waals surface area contributed by atoms with Crippen LogP contribution in [0.2, 0.25) is 0 Å². The normalized spacial score (nSPS) is 10.9. The summed E-state index contributed by atoms with van der Waals surface area (Å²) in [5.74, 6) is 2.58.